The molecule has 1 fully saturated rings. The van der Waals surface area contributed by atoms with Crippen LogP contribution in [0.4, 0.5) is 0 Å². The van der Waals surface area contributed by atoms with Crippen LogP contribution in [0.3, 0.4) is 0 Å². The van der Waals surface area contributed by atoms with E-state index in [2.05, 4.69) is 4.74 Å². The van der Waals surface area contributed by atoms with Gasteiger partial charge in [-0.2, -0.15) is 0 Å². The predicted molar refractivity (Wildman–Crippen MR) is 80.1 cm³/mol. The second-order valence-corrected chi connectivity index (χ2v) is 5.35. The Labute approximate surface area is 138 Å². The molecule has 132 valence electrons. The van der Waals surface area contributed by atoms with Crippen molar-refractivity contribution in [3.05, 3.63) is 23.8 Å². The van der Waals surface area contributed by atoms with Crippen LogP contribution in [0.2, 0.25) is 0 Å². The Morgan fingerprint density at radius 3 is 2.67 bits per heavy atom. The molecule has 24 heavy (non-hydrogen) atoms. The first-order valence-electron chi connectivity index (χ1n) is 7.42. The van der Waals surface area contributed by atoms with Gasteiger partial charge < -0.3 is 29.2 Å². The van der Waals surface area contributed by atoms with E-state index in [4.69, 9.17) is 19.3 Å². The molecule has 0 amide bonds. The Morgan fingerprint density at radius 1 is 1.33 bits per heavy atom. The highest BCUT2D eigenvalue weighted by Crippen LogP contribution is 2.29. The summed E-state index contributed by atoms with van der Waals surface area (Å²) in [6.45, 7) is 0.981. The first-order chi connectivity index (χ1) is 11.4. The number of carbonyl (C=O) groups is 2. The molecule has 2 rings (SSSR count). The molecule has 1 heterocycles. The average molecular weight is 340 g/mol. The van der Waals surface area contributed by atoms with Crippen LogP contribution in [-0.4, -0.2) is 47.8 Å². The Morgan fingerprint density at radius 2 is 2.08 bits per heavy atom. The van der Waals surface area contributed by atoms with Crippen molar-refractivity contribution >= 4 is 11.9 Å². The number of benzene rings is 1. The SMILES string of the molecule is COC(=O)C1CC(OC(C)=O)CC(Oc2ccc(CO)c(O)c2)O1. The molecule has 1 aliphatic heterocycles. The number of aliphatic hydroxyl groups is 1. The largest absolute Gasteiger partial charge is 0.507 e. The Kier molecular flexibility index (Phi) is 5.99. The second kappa shape index (κ2) is 7.98. The maximum atomic E-state index is 11.7. The van der Waals surface area contributed by atoms with Crippen LogP contribution in [0, 0.1) is 0 Å². The summed E-state index contributed by atoms with van der Waals surface area (Å²) >= 11 is 0. The fourth-order valence-electron chi connectivity index (χ4n) is 2.44. The minimum Gasteiger partial charge on any atom is -0.507 e. The molecular formula is C16H20O8. The molecule has 1 aromatic rings. The summed E-state index contributed by atoms with van der Waals surface area (Å²) in [6.07, 6.45) is -1.90. The van der Waals surface area contributed by atoms with Crippen LogP contribution in [0.5, 0.6) is 11.5 Å². The summed E-state index contributed by atoms with van der Waals surface area (Å²) in [4.78, 5) is 22.9. The normalized spacial score (nSPS) is 23.4. The maximum Gasteiger partial charge on any atom is 0.335 e. The molecule has 0 spiro atoms. The zero-order valence-corrected chi connectivity index (χ0v) is 13.4. The molecule has 2 N–H and O–H groups in total. The van der Waals surface area contributed by atoms with Crippen LogP contribution in [0.15, 0.2) is 18.2 Å². The third-order valence-corrected chi connectivity index (χ3v) is 3.54. The van der Waals surface area contributed by atoms with Crippen molar-refractivity contribution in [2.45, 2.75) is 44.9 Å². The number of ether oxygens (including phenoxy) is 4. The number of aromatic hydroxyl groups is 1. The maximum absolute atomic E-state index is 11.7. The van der Waals surface area contributed by atoms with Gasteiger partial charge in [-0.15, -0.1) is 0 Å². The van der Waals surface area contributed by atoms with Gasteiger partial charge in [0.25, 0.3) is 0 Å². The lowest BCUT2D eigenvalue weighted by atomic mass is 10.0. The zero-order chi connectivity index (χ0) is 17.7. The molecule has 1 saturated heterocycles. The van der Waals surface area contributed by atoms with Gasteiger partial charge in [0.05, 0.1) is 13.7 Å². The summed E-state index contributed by atoms with van der Waals surface area (Å²) < 4.78 is 21.0. The van der Waals surface area contributed by atoms with E-state index in [9.17, 15) is 14.7 Å². The lowest BCUT2D eigenvalue weighted by molar-refractivity contribution is -0.204. The van der Waals surface area contributed by atoms with Gasteiger partial charge in [-0.1, -0.05) is 0 Å². The number of rotatable bonds is 5. The van der Waals surface area contributed by atoms with Crippen LogP contribution >= 0.6 is 0 Å². The quantitative estimate of drug-likeness (QED) is 0.760. The topological polar surface area (TPSA) is 112 Å². The van der Waals surface area contributed by atoms with E-state index < -0.39 is 30.4 Å². The molecule has 8 heteroatoms. The van der Waals surface area contributed by atoms with Gasteiger partial charge in [-0.25, -0.2) is 4.79 Å². The van der Waals surface area contributed by atoms with Crippen molar-refractivity contribution in [1.82, 2.24) is 0 Å². The molecule has 0 aromatic heterocycles. The summed E-state index contributed by atoms with van der Waals surface area (Å²) in [5.74, 6) is -0.873. The van der Waals surface area contributed by atoms with Crippen LogP contribution in [0.25, 0.3) is 0 Å². The van der Waals surface area contributed by atoms with Gasteiger partial charge in [0.1, 0.15) is 17.6 Å². The van der Waals surface area contributed by atoms with Gasteiger partial charge in [-0.05, 0) is 12.1 Å². The minimum absolute atomic E-state index is 0.119. The van der Waals surface area contributed by atoms with Crippen molar-refractivity contribution in [1.29, 1.82) is 0 Å². The van der Waals surface area contributed by atoms with E-state index in [1.54, 1.807) is 6.07 Å². The highest BCUT2D eigenvalue weighted by atomic mass is 16.7. The monoisotopic (exact) mass is 340 g/mol. The molecular weight excluding hydrogens is 320 g/mol. The van der Waals surface area contributed by atoms with Gasteiger partial charge in [0, 0.05) is 31.4 Å². The molecule has 0 saturated carbocycles. The van der Waals surface area contributed by atoms with Crippen molar-refractivity contribution in [3.8, 4) is 11.5 Å². The smallest absolute Gasteiger partial charge is 0.335 e. The second-order valence-electron chi connectivity index (χ2n) is 5.35. The number of hydrogen-bond acceptors (Lipinski definition) is 8. The van der Waals surface area contributed by atoms with E-state index in [0.717, 1.165) is 0 Å². The molecule has 1 aliphatic rings. The molecule has 0 aliphatic carbocycles. The highest BCUT2D eigenvalue weighted by Gasteiger charge is 2.37. The number of esters is 2. The van der Waals surface area contributed by atoms with Crippen molar-refractivity contribution in [2.75, 3.05) is 7.11 Å². The summed E-state index contributed by atoms with van der Waals surface area (Å²) in [5, 5.41) is 18.8. The lowest BCUT2D eigenvalue weighted by Gasteiger charge is -2.33. The highest BCUT2D eigenvalue weighted by molar-refractivity contribution is 5.74. The molecule has 1 aromatic carbocycles. The number of hydrogen-bond donors (Lipinski definition) is 2. The fraction of sp³-hybridized carbons (Fsp3) is 0.500. The molecule has 8 nitrogen and oxygen atoms in total. The van der Waals surface area contributed by atoms with Crippen molar-refractivity contribution in [3.63, 3.8) is 0 Å². The molecule has 0 radical (unpaired) electrons. The standard InChI is InChI=1S/C16H20O8/c1-9(18)22-12-6-14(16(20)21-2)24-15(7-12)23-11-4-3-10(8-17)13(19)5-11/h3-5,12,14-15,17,19H,6-8H2,1-2H3. The first-order valence-corrected chi connectivity index (χ1v) is 7.42. The number of phenols is 1. The summed E-state index contributed by atoms with van der Waals surface area (Å²) in [5.41, 5.74) is 0.358. The summed E-state index contributed by atoms with van der Waals surface area (Å²) in [7, 11) is 1.24. The Bertz CT molecular complexity index is 600. The van der Waals surface area contributed by atoms with Crippen molar-refractivity contribution < 1.29 is 38.7 Å². The fourth-order valence-corrected chi connectivity index (χ4v) is 2.44. The molecule has 3 atom stereocenters. The predicted octanol–water partition coefficient (Wildman–Crippen LogP) is 0.873. The van der Waals surface area contributed by atoms with Crippen LogP contribution < -0.4 is 4.74 Å². The average Bonchev–Trinajstić information content (AvgIpc) is 2.53. The minimum atomic E-state index is -0.914. The Balaban J connectivity index is 2.10. The molecule has 3 unspecified atom stereocenters. The van der Waals surface area contributed by atoms with Gasteiger partial charge in [-0.3, -0.25) is 4.79 Å². The van der Waals surface area contributed by atoms with Crippen molar-refractivity contribution in [2.24, 2.45) is 0 Å². The van der Waals surface area contributed by atoms with Gasteiger partial charge >= 0.3 is 11.9 Å². The third kappa shape index (κ3) is 4.59. The lowest BCUT2D eigenvalue weighted by Crippen LogP contribution is -2.44. The van der Waals surface area contributed by atoms with Crippen LogP contribution in [-0.2, 0) is 30.4 Å². The van der Waals surface area contributed by atoms with Gasteiger partial charge in [0.15, 0.2) is 6.10 Å². The van der Waals surface area contributed by atoms with Crippen LogP contribution in [0.1, 0.15) is 25.3 Å². The van der Waals surface area contributed by atoms with E-state index in [1.165, 1.54) is 26.2 Å². The number of carbonyl (C=O) groups excluding carboxylic acids is 2. The third-order valence-electron chi connectivity index (χ3n) is 3.54. The first kappa shape index (κ1) is 18.0. The van der Waals surface area contributed by atoms with E-state index in [0.29, 0.717) is 11.3 Å². The van der Waals surface area contributed by atoms with E-state index in [1.807, 2.05) is 0 Å². The molecule has 0 bridgehead atoms. The number of methoxy groups -OCH3 is 1. The van der Waals surface area contributed by atoms with Gasteiger partial charge in [0.2, 0.25) is 6.29 Å². The summed E-state index contributed by atoms with van der Waals surface area (Å²) in [6, 6.07) is 4.39. The van der Waals surface area contributed by atoms with E-state index >= 15 is 0 Å². The Hall–Kier alpha value is -2.32. The number of aliphatic hydroxyl groups excluding tert-OH is 1. The zero-order valence-electron chi connectivity index (χ0n) is 13.4. The van der Waals surface area contributed by atoms with E-state index in [-0.39, 0.29) is 25.2 Å².